The average molecular weight is 729 g/mol. The maximum atomic E-state index is 12.4. The van der Waals surface area contributed by atoms with E-state index >= 15 is 0 Å². The first-order valence-electron chi connectivity index (χ1n) is 12.4. The van der Waals surface area contributed by atoms with Gasteiger partial charge in [0.05, 0.1) is 5.76 Å². The van der Waals surface area contributed by atoms with Gasteiger partial charge in [0.25, 0.3) is 0 Å². The third kappa shape index (κ3) is 8.93. The van der Waals surface area contributed by atoms with Gasteiger partial charge in [-0.15, -0.1) is 0 Å². The molecule has 0 aliphatic heterocycles. The fourth-order valence-corrected chi connectivity index (χ4v) is 6.43. The minimum absolute atomic E-state index is 0. The van der Waals surface area contributed by atoms with Crippen LogP contribution in [-0.4, -0.2) is 35.3 Å². The summed E-state index contributed by atoms with van der Waals surface area (Å²) in [6.45, 7) is 9.22. The number of rotatable bonds is 7. The summed E-state index contributed by atoms with van der Waals surface area (Å²) in [5, 5.41) is 11.9. The fourth-order valence-electron chi connectivity index (χ4n) is 3.97. The predicted molar refractivity (Wildman–Crippen MR) is 149 cm³/mol. The summed E-state index contributed by atoms with van der Waals surface area (Å²) < 4.78 is 14.0. The van der Waals surface area contributed by atoms with Crippen LogP contribution < -0.4 is 4.40 Å². The van der Waals surface area contributed by atoms with E-state index in [4.69, 9.17) is 0 Å². The van der Waals surface area contributed by atoms with E-state index < -0.39 is 25.2 Å². The molecule has 0 spiro atoms. The Labute approximate surface area is 232 Å². The third-order valence-electron chi connectivity index (χ3n) is 6.12. The van der Waals surface area contributed by atoms with Gasteiger partial charge in [-0.05, 0) is 19.8 Å². The van der Waals surface area contributed by atoms with E-state index in [1.165, 1.54) is 27.7 Å². The first-order chi connectivity index (χ1) is 16.4. The van der Waals surface area contributed by atoms with Crippen LogP contribution in [-0.2, 0) is 24.9 Å². The van der Waals surface area contributed by atoms with Crippen molar-refractivity contribution >= 4 is 34.2 Å². The third-order valence-corrected chi connectivity index (χ3v) is 10.4. The van der Waals surface area contributed by atoms with Crippen molar-refractivity contribution in [3.63, 3.8) is 0 Å². The Morgan fingerprint density at radius 3 is 2.28 bits per heavy atom. The molecule has 3 aromatic rings. The molecule has 1 heterocycles. The number of pyridine rings is 1. The van der Waals surface area contributed by atoms with Gasteiger partial charge in [0.1, 0.15) is 0 Å². The van der Waals surface area contributed by atoms with Gasteiger partial charge in [-0.1, -0.05) is 13.8 Å². The number of alkyl halides is 1. The number of aryl methyl sites for hydroxylation is 2. The first-order valence-corrected chi connectivity index (χ1v) is 19.7. The summed E-state index contributed by atoms with van der Waals surface area (Å²) in [7, 11) is 0. The fraction of sp³-hybridized carbons (Fsp3) is 0.400. The molecule has 0 bridgehead atoms. The number of carbonyl (C=O) groups excluding carboxylic acids is 1. The first kappa shape index (κ1) is 32.2. The number of allylic oxidation sites excluding steroid dienone is 2. The van der Waals surface area contributed by atoms with Crippen LogP contribution in [0.15, 0.2) is 54.4 Å². The number of hydrogen-bond donors (Lipinski definition) is 1. The molecule has 6 heteroatoms. The number of nitrogens with zero attached hydrogens (tertiary/aromatic N) is 1. The number of benzene rings is 2. The van der Waals surface area contributed by atoms with Gasteiger partial charge in [0, 0.05) is 32.1 Å². The van der Waals surface area contributed by atoms with Gasteiger partial charge >= 0.3 is 136 Å². The van der Waals surface area contributed by atoms with Crippen LogP contribution in [0.5, 0.6) is 0 Å². The molecule has 0 aliphatic rings. The number of ketones is 1. The van der Waals surface area contributed by atoms with E-state index in [1.807, 2.05) is 20.0 Å². The molecule has 3 nitrogen and oxygen atoms in total. The van der Waals surface area contributed by atoms with Crippen LogP contribution in [0.2, 0.25) is 17.3 Å². The summed E-state index contributed by atoms with van der Waals surface area (Å²) in [6, 6.07) is 16.8. The van der Waals surface area contributed by atoms with E-state index in [-0.39, 0.29) is 31.8 Å². The number of carbonyl (C=O) groups is 1. The van der Waals surface area contributed by atoms with Gasteiger partial charge in [0.2, 0.25) is 0 Å². The van der Waals surface area contributed by atoms with Crippen LogP contribution >= 0.6 is 0 Å². The van der Waals surface area contributed by atoms with Crippen molar-refractivity contribution in [3.05, 3.63) is 71.6 Å². The Morgan fingerprint density at radius 2 is 1.75 bits per heavy atom. The van der Waals surface area contributed by atoms with Gasteiger partial charge in [-0.3, -0.25) is 4.79 Å². The van der Waals surface area contributed by atoms with Gasteiger partial charge in [0.15, 0.2) is 12.0 Å². The zero-order valence-corrected chi connectivity index (χ0v) is 27.2. The Balaban J connectivity index is 0.000000402. The Hall–Kier alpha value is -1.82. The zero-order chi connectivity index (χ0) is 26.3. The molecule has 1 atom stereocenters. The normalized spacial score (nSPS) is 12.6. The van der Waals surface area contributed by atoms with Crippen LogP contribution in [0, 0.1) is 25.8 Å². The second-order valence-electron chi connectivity index (χ2n) is 10.2. The summed E-state index contributed by atoms with van der Waals surface area (Å²) in [5.41, 5.74) is 4.55. The van der Waals surface area contributed by atoms with Crippen molar-refractivity contribution < 1.29 is 34.4 Å². The molecule has 0 saturated heterocycles. The summed E-state index contributed by atoms with van der Waals surface area (Å²) in [4.78, 5) is 15.5. The SMILES string of the molecule is CCC(CC)/C(O)=C/C(=O)C(C)F.Cc1[c-]c(-c2nccc3c[c]([Ge]([CH3])([CH3])[CH3])ccc23)cc(C)c1.[Ir]. The van der Waals surface area contributed by atoms with Crippen LogP contribution in [0.1, 0.15) is 44.7 Å². The Bertz CT molecular complexity index is 1180. The number of fused-ring (bicyclic) bond motifs is 1. The Morgan fingerprint density at radius 1 is 1.11 bits per heavy atom. The van der Waals surface area contributed by atoms with Crippen molar-refractivity contribution in [1.82, 2.24) is 4.98 Å². The molecule has 1 unspecified atom stereocenters. The van der Waals surface area contributed by atoms with E-state index in [0.29, 0.717) is 0 Å². The van der Waals surface area contributed by atoms with Crippen LogP contribution in [0.3, 0.4) is 0 Å². The van der Waals surface area contributed by atoms with Crippen LogP contribution in [0.25, 0.3) is 22.0 Å². The van der Waals surface area contributed by atoms with Crippen molar-refractivity contribution in [2.75, 3.05) is 0 Å². The molecule has 1 aromatic heterocycles. The maximum absolute atomic E-state index is 12.4. The minimum Gasteiger partial charge on any atom is 0 e. The predicted octanol–water partition coefficient (Wildman–Crippen LogP) is 7.65. The maximum Gasteiger partial charge on any atom is 0 e. The number of aliphatic hydroxyl groups is 1. The molecule has 197 valence electrons. The zero-order valence-electron chi connectivity index (χ0n) is 22.7. The molecule has 1 radical (unpaired) electrons. The monoisotopic (exact) mass is 731 g/mol. The van der Waals surface area contributed by atoms with E-state index in [2.05, 4.69) is 78.6 Å². The topological polar surface area (TPSA) is 50.2 Å². The molecule has 3 rings (SSSR count). The van der Waals surface area contributed by atoms with Crippen molar-refractivity contribution in [2.45, 2.75) is 70.9 Å². The molecular weight excluding hydrogens is 690 g/mol. The van der Waals surface area contributed by atoms with Crippen molar-refractivity contribution in [3.8, 4) is 11.3 Å². The van der Waals surface area contributed by atoms with Crippen LogP contribution in [0.4, 0.5) is 4.39 Å². The van der Waals surface area contributed by atoms with Gasteiger partial charge in [-0.25, -0.2) is 4.39 Å². The van der Waals surface area contributed by atoms with Crippen molar-refractivity contribution in [1.29, 1.82) is 0 Å². The number of halogens is 1. The Kier molecular flexibility index (Phi) is 12.7. The number of aromatic nitrogens is 1. The van der Waals surface area contributed by atoms with Gasteiger partial charge in [-0.2, -0.15) is 0 Å². The minimum atomic E-state index is -1.80. The average Bonchev–Trinajstić information content (AvgIpc) is 2.78. The quantitative estimate of drug-likeness (QED) is 0.118. The molecular formula is C30H39FGeIrNO2-. The van der Waals surface area contributed by atoms with Gasteiger partial charge < -0.3 is 5.11 Å². The second-order valence-corrected chi connectivity index (χ2v) is 20.9. The van der Waals surface area contributed by atoms with Crippen molar-refractivity contribution in [2.24, 2.45) is 5.92 Å². The molecule has 0 saturated carbocycles. The summed E-state index contributed by atoms with van der Waals surface area (Å²) >= 11 is -1.80. The van der Waals surface area contributed by atoms with E-state index in [0.717, 1.165) is 35.7 Å². The standard InChI is InChI=1S/C20H22GeN.C10H17FO2.Ir/c1-14-10-15(2)12-17(11-14)20-19-7-6-18(21(3,4)5)13-16(19)8-9-22-20;1-4-8(5-2)10(13)6-9(12)7(3)11;/h6-11,13H,1-5H3;6-8,13H,4-5H2,1-3H3;/q-1;;/b;10-6-;. The van der Waals surface area contributed by atoms with E-state index in [1.54, 1.807) is 0 Å². The molecule has 0 aliphatic carbocycles. The molecule has 2 aromatic carbocycles. The van der Waals surface area contributed by atoms with E-state index in [9.17, 15) is 14.3 Å². The second kappa shape index (κ2) is 14.2. The number of aliphatic hydroxyl groups excluding tert-OH is 1. The molecule has 0 amide bonds. The molecule has 0 fully saturated rings. The largest absolute Gasteiger partial charge is 0 e. The summed E-state index contributed by atoms with van der Waals surface area (Å²) in [5.74, 6) is 6.61. The molecule has 1 N–H and O–H groups in total. The summed E-state index contributed by atoms with van der Waals surface area (Å²) in [6.07, 6.45) is 2.90. The smallest absolute Gasteiger partial charge is 0 e. The number of hydrogen-bond acceptors (Lipinski definition) is 3. The molecule has 36 heavy (non-hydrogen) atoms.